The van der Waals surface area contributed by atoms with Gasteiger partial charge in [-0.2, -0.15) is 0 Å². The molecule has 9 heteroatoms. The van der Waals surface area contributed by atoms with Gasteiger partial charge in [0.1, 0.15) is 0 Å². The molecule has 0 radical (unpaired) electrons. The Labute approximate surface area is 146 Å². The molecular formula is C16H20N2O6S. The van der Waals surface area contributed by atoms with Crippen molar-refractivity contribution in [3.05, 3.63) is 18.2 Å². The Morgan fingerprint density at radius 1 is 1.28 bits per heavy atom. The fourth-order valence-corrected chi connectivity index (χ4v) is 4.62. The molecular weight excluding hydrogens is 348 g/mol. The van der Waals surface area contributed by atoms with Crippen LogP contribution in [0, 0.1) is 0 Å². The van der Waals surface area contributed by atoms with Crippen molar-refractivity contribution in [3.63, 3.8) is 0 Å². The average molecular weight is 368 g/mol. The summed E-state index contributed by atoms with van der Waals surface area (Å²) in [5, 5.41) is 2.72. The number of amides is 2. The number of anilines is 1. The van der Waals surface area contributed by atoms with Gasteiger partial charge >= 0.3 is 0 Å². The summed E-state index contributed by atoms with van der Waals surface area (Å²) >= 11 is 0. The summed E-state index contributed by atoms with van der Waals surface area (Å²) in [7, 11) is -3.04. The van der Waals surface area contributed by atoms with Gasteiger partial charge in [-0.15, -0.1) is 0 Å². The first-order valence-electron chi connectivity index (χ1n) is 8.01. The maximum atomic E-state index is 12.1. The molecule has 1 atom stereocenters. The van der Waals surface area contributed by atoms with E-state index in [0.29, 0.717) is 23.6 Å². The molecule has 2 amide bonds. The maximum Gasteiger partial charge on any atom is 0.231 e. The van der Waals surface area contributed by atoms with Crippen LogP contribution in [0.4, 0.5) is 5.69 Å². The number of benzene rings is 1. The van der Waals surface area contributed by atoms with Crippen molar-refractivity contribution in [1.29, 1.82) is 0 Å². The fourth-order valence-electron chi connectivity index (χ4n) is 2.94. The van der Waals surface area contributed by atoms with Crippen LogP contribution < -0.4 is 19.7 Å². The highest BCUT2D eigenvalue weighted by molar-refractivity contribution is 7.91. The van der Waals surface area contributed by atoms with E-state index in [1.807, 2.05) is 0 Å². The van der Waals surface area contributed by atoms with Crippen LogP contribution in [-0.4, -0.2) is 51.1 Å². The molecule has 136 valence electrons. The van der Waals surface area contributed by atoms with Gasteiger partial charge in [-0.3, -0.25) is 9.59 Å². The third-order valence-corrected chi connectivity index (χ3v) is 5.98. The molecule has 3 rings (SSSR count). The van der Waals surface area contributed by atoms with Gasteiger partial charge in [0.05, 0.1) is 11.5 Å². The van der Waals surface area contributed by atoms with Crippen LogP contribution in [0.3, 0.4) is 0 Å². The number of rotatable bonds is 5. The smallest absolute Gasteiger partial charge is 0.231 e. The van der Waals surface area contributed by atoms with E-state index in [4.69, 9.17) is 9.47 Å². The Morgan fingerprint density at radius 2 is 2.04 bits per heavy atom. The summed E-state index contributed by atoms with van der Waals surface area (Å²) in [6.07, 6.45) is 0.525. The molecule has 1 aromatic carbocycles. The van der Waals surface area contributed by atoms with Gasteiger partial charge < -0.3 is 19.7 Å². The Hall–Kier alpha value is -2.29. The van der Waals surface area contributed by atoms with E-state index in [1.165, 1.54) is 11.8 Å². The number of carbonyl (C=O) groups is 2. The quantitative estimate of drug-likeness (QED) is 0.810. The first-order chi connectivity index (χ1) is 11.8. The molecule has 2 aliphatic rings. The Morgan fingerprint density at radius 3 is 2.72 bits per heavy atom. The first kappa shape index (κ1) is 17.5. The average Bonchev–Trinajstić information content (AvgIpc) is 3.12. The van der Waals surface area contributed by atoms with E-state index in [1.54, 1.807) is 18.2 Å². The lowest BCUT2D eigenvalue weighted by molar-refractivity contribution is -0.121. The zero-order chi connectivity index (χ0) is 18.0. The molecule has 2 heterocycles. The Balaban J connectivity index is 1.59. The number of hydrogen-bond acceptors (Lipinski definition) is 6. The van der Waals surface area contributed by atoms with Crippen LogP contribution in [0.25, 0.3) is 0 Å². The Bertz CT molecular complexity index is 792. The lowest BCUT2D eigenvalue weighted by Crippen LogP contribution is -2.38. The number of carbonyl (C=O) groups excluding carboxylic acids is 2. The summed E-state index contributed by atoms with van der Waals surface area (Å²) in [5.74, 6) is 0.799. The molecule has 1 N–H and O–H groups in total. The maximum absolute atomic E-state index is 12.1. The molecule has 0 bridgehead atoms. The van der Waals surface area contributed by atoms with Crippen molar-refractivity contribution >= 4 is 27.3 Å². The zero-order valence-corrected chi connectivity index (χ0v) is 14.7. The second-order valence-electron chi connectivity index (χ2n) is 6.13. The topological polar surface area (TPSA) is 102 Å². The molecule has 0 spiro atoms. The van der Waals surface area contributed by atoms with Crippen LogP contribution in [0.1, 0.15) is 19.8 Å². The van der Waals surface area contributed by atoms with Crippen LogP contribution in [-0.2, 0) is 19.4 Å². The van der Waals surface area contributed by atoms with E-state index < -0.39 is 9.84 Å². The molecule has 0 aliphatic carbocycles. The van der Waals surface area contributed by atoms with E-state index in [-0.39, 0.29) is 49.1 Å². The van der Waals surface area contributed by atoms with Gasteiger partial charge in [0.15, 0.2) is 21.3 Å². The molecule has 2 aliphatic heterocycles. The van der Waals surface area contributed by atoms with E-state index in [9.17, 15) is 18.0 Å². The second kappa shape index (κ2) is 6.91. The predicted octanol–water partition coefficient (Wildman–Crippen LogP) is 0.462. The van der Waals surface area contributed by atoms with Gasteiger partial charge in [-0.1, -0.05) is 0 Å². The minimum Gasteiger partial charge on any atom is -0.454 e. The Kier molecular flexibility index (Phi) is 4.85. The fraction of sp³-hybridized carbons (Fsp3) is 0.500. The van der Waals surface area contributed by atoms with Gasteiger partial charge in [0.2, 0.25) is 18.6 Å². The van der Waals surface area contributed by atoms with E-state index in [0.717, 1.165) is 0 Å². The van der Waals surface area contributed by atoms with Gasteiger partial charge in [0.25, 0.3) is 0 Å². The number of nitrogens with zero attached hydrogens (tertiary/aromatic N) is 1. The van der Waals surface area contributed by atoms with Crippen molar-refractivity contribution in [2.75, 3.05) is 29.7 Å². The van der Waals surface area contributed by atoms with Gasteiger partial charge in [-0.25, -0.2) is 8.42 Å². The van der Waals surface area contributed by atoms with E-state index in [2.05, 4.69) is 5.32 Å². The van der Waals surface area contributed by atoms with E-state index >= 15 is 0 Å². The largest absolute Gasteiger partial charge is 0.454 e. The highest BCUT2D eigenvalue weighted by atomic mass is 32.2. The molecule has 8 nitrogen and oxygen atoms in total. The van der Waals surface area contributed by atoms with Crippen LogP contribution in [0.2, 0.25) is 0 Å². The van der Waals surface area contributed by atoms with Crippen molar-refractivity contribution in [3.8, 4) is 11.5 Å². The lowest BCUT2D eigenvalue weighted by Gasteiger charge is -2.21. The standard InChI is InChI=1S/C16H20N2O6S/c1-11(19)18(13-2-3-14-15(8-13)24-10-23-14)6-4-16(20)17-12-5-7-25(21,22)9-12/h2-3,8,12H,4-7,9-10H2,1H3,(H,17,20). The summed E-state index contributed by atoms with van der Waals surface area (Å²) in [4.78, 5) is 25.5. The molecule has 1 aromatic rings. The molecule has 1 fully saturated rings. The molecule has 0 aromatic heterocycles. The SMILES string of the molecule is CC(=O)N(CCC(=O)NC1CCS(=O)(=O)C1)c1ccc2c(c1)OCO2. The molecule has 25 heavy (non-hydrogen) atoms. The number of hydrogen-bond donors (Lipinski definition) is 1. The minimum absolute atomic E-state index is 0.0165. The molecule has 1 unspecified atom stereocenters. The molecule has 0 saturated carbocycles. The second-order valence-corrected chi connectivity index (χ2v) is 8.35. The number of sulfone groups is 1. The third kappa shape index (κ3) is 4.22. The van der Waals surface area contributed by atoms with Crippen LogP contribution in [0.15, 0.2) is 18.2 Å². The van der Waals surface area contributed by atoms with Crippen molar-refractivity contribution in [2.45, 2.75) is 25.8 Å². The minimum atomic E-state index is -3.04. The highest BCUT2D eigenvalue weighted by Gasteiger charge is 2.29. The monoisotopic (exact) mass is 368 g/mol. The zero-order valence-electron chi connectivity index (χ0n) is 13.9. The predicted molar refractivity (Wildman–Crippen MR) is 90.4 cm³/mol. The van der Waals surface area contributed by atoms with Crippen LogP contribution >= 0.6 is 0 Å². The third-order valence-electron chi connectivity index (χ3n) is 4.21. The number of nitrogens with one attached hydrogen (secondary N) is 1. The summed E-state index contributed by atoms with van der Waals surface area (Å²) in [5.41, 5.74) is 0.619. The lowest BCUT2D eigenvalue weighted by atomic mass is 10.2. The molecule has 1 saturated heterocycles. The summed E-state index contributed by atoms with van der Waals surface area (Å²) in [6, 6.07) is 4.81. The van der Waals surface area contributed by atoms with Crippen molar-refractivity contribution < 1.29 is 27.5 Å². The highest BCUT2D eigenvalue weighted by Crippen LogP contribution is 2.35. The van der Waals surface area contributed by atoms with Gasteiger partial charge in [0, 0.05) is 37.7 Å². The normalized spacial score (nSPS) is 20.3. The van der Waals surface area contributed by atoms with Gasteiger partial charge in [-0.05, 0) is 18.6 Å². The van der Waals surface area contributed by atoms with Crippen molar-refractivity contribution in [1.82, 2.24) is 5.32 Å². The number of ether oxygens (including phenoxy) is 2. The number of fused-ring (bicyclic) bond motifs is 1. The van der Waals surface area contributed by atoms with Crippen LogP contribution in [0.5, 0.6) is 11.5 Å². The summed E-state index contributed by atoms with van der Waals surface area (Å²) in [6.45, 7) is 1.76. The summed E-state index contributed by atoms with van der Waals surface area (Å²) < 4.78 is 33.4. The first-order valence-corrected chi connectivity index (χ1v) is 9.84. The van der Waals surface area contributed by atoms with Crippen molar-refractivity contribution in [2.24, 2.45) is 0 Å².